The van der Waals surface area contributed by atoms with E-state index in [9.17, 15) is 4.79 Å². The van der Waals surface area contributed by atoms with Gasteiger partial charge in [-0.25, -0.2) is 0 Å². The molecule has 1 heterocycles. The second-order valence-electron chi connectivity index (χ2n) is 4.64. The normalized spacial score (nSPS) is 10.5. The Balaban J connectivity index is 2.03. The van der Waals surface area contributed by atoms with Crippen LogP contribution in [0.4, 0.5) is 0 Å². The van der Waals surface area contributed by atoms with Crippen molar-refractivity contribution in [1.82, 2.24) is 0 Å². The summed E-state index contributed by atoms with van der Waals surface area (Å²) in [5.74, 6) is 1.41. The number of carbonyl (C=O) groups is 1. The summed E-state index contributed by atoms with van der Waals surface area (Å²) in [4.78, 5) is 10.8. The van der Waals surface area contributed by atoms with Crippen LogP contribution in [0.2, 0.25) is 0 Å². The van der Waals surface area contributed by atoms with Crippen molar-refractivity contribution in [2.45, 2.75) is 13.1 Å². The standard InChI is InChI=1S/C15H17BrN2O4/c1-20-13-6-10(7-18-8-11-3-2-4-21-11)5-12(16)15(13)22-9-14(17)19/h2-6,18H,7-9H2,1H3,(H2,17,19)/p+1. The van der Waals surface area contributed by atoms with Crippen LogP contribution in [-0.4, -0.2) is 19.6 Å². The molecule has 0 atom stereocenters. The molecule has 7 heteroatoms. The van der Waals surface area contributed by atoms with Crippen molar-refractivity contribution in [3.8, 4) is 11.5 Å². The molecule has 1 aromatic carbocycles. The van der Waals surface area contributed by atoms with Crippen molar-refractivity contribution in [1.29, 1.82) is 0 Å². The van der Waals surface area contributed by atoms with E-state index in [1.807, 2.05) is 24.3 Å². The van der Waals surface area contributed by atoms with E-state index >= 15 is 0 Å². The zero-order valence-corrected chi connectivity index (χ0v) is 13.8. The average molecular weight is 370 g/mol. The Bertz CT molecular complexity index is 629. The molecule has 4 N–H and O–H groups in total. The molecule has 6 nitrogen and oxygen atoms in total. The highest BCUT2D eigenvalue weighted by Gasteiger charge is 2.13. The highest BCUT2D eigenvalue weighted by Crippen LogP contribution is 2.36. The molecule has 0 radical (unpaired) electrons. The molecule has 2 aromatic rings. The lowest BCUT2D eigenvalue weighted by Gasteiger charge is -2.13. The van der Waals surface area contributed by atoms with Crippen LogP contribution in [0.3, 0.4) is 0 Å². The predicted octanol–water partition coefficient (Wildman–Crippen LogP) is 1.18. The molecular formula is C15H18BrN2O4+. The first-order chi connectivity index (χ1) is 10.6. The predicted molar refractivity (Wildman–Crippen MR) is 83.4 cm³/mol. The lowest BCUT2D eigenvalue weighted by atomic mass is 10.2. The van der Waals surface area contributed by atoms with Gasteiger partial charge in [0.15, 0.2) is 23.9 Å². The van der Waals surface area contributed by atoms with Crippen molar-refractivity contribution >= 4 is 21.8 Å². The van der Waals surface area contributed by atoms with Gasteiger partial charge in [0, 0.05) is 5.56 Å². The summed E-state index contributed by atoms with van der Waals surface area (Å²) in [6.45, 7) is 1.32. The van der Waals surface area contributed by atoms with Crippen LogP contribution in [0.1, 0.15) is 11.3 Å². The molecule has 0 aliphatic carbocycles. The minimum Gasteiger partial charge on any atom is -0.493 e. The fraction of sp³-hybridized carbons (Fsp3) is 0.267. The first kappa shape index (κ1) is 16.4. The SMILES string of the molecule is COc1cc(C[NH2+]Cc2ccco2)cc(Br)c1OCC(N)=O. The van der Waals surface area contributed by atoms with Crippen molar-refractivity contribution in [3.05, 3.63) is 46.3 Å². The summed E-state index contributed by atoms with van der Waals surface area (Å²) in [5.41, 5.74) is 6.15. The van der Waals surface area contributed by atoms with E-state index in [0.717, 1.165) is 28.9 Å². The summed E-state index contributed by atoms with van der Waals surface area (Å²) < 4.78 is 16.7. The van der Waals surface area contributed by atoms with Gasteiger partial charge >= 0.3 is 0 Å². The molecule has 2 rings (SSSR count). The molecule has 0 aliphatic heterocycles. The van der Waals surface area contributed by atoms with Crippen molar-refractivity contribution in [2.24, 2.45) is 5.73 Å². The lowest BCUT2D eigenvalue weighted by molar-refractivity contribution is -0.688. The Morgan fingerprint density at radius 3 is 2.86 bits per heavy atom. The van der Waals surface area contributed by atoms with E-state index < -0.39 is 5.91 Å². The zero-order valence-electron chi connectivity index (χ0n) is 12.2. The van der Waals surface area contributed by atoms with Gasteiger partial charge in [0.05, 0.1) is 17.8 Å². The fourth-order valence-electron chi connectivity index (χ4n) is 1.98. The Kier molecular flexibility index (Phi) is 5.85. The van der Waals surface area contributed by atoms with E-state index in [4.69, 9.17) is 19.6 Å². The van der Waals surface area contributed by atoms with Gasteiger partial charge < -0.3 is 24.9 Å². The van der Waals surface area contributed by atoms with Crippen LogP contribution in [-0.2, 0) is 17.9 Å². The third-order valence-corrected chi connectivity index (χ3v) is 3.54. The molecule has 0 unspecified atom stereocenters. The number of amides is 1. The first-order valence-corrected chi connectivity index (χ1v) is 7.51. The zero-order chi connectivity index (χ0) is 15.9. The number of halogens is 1. The van der Waals surface area contributed by atoms with Crippen LogP contribution in [0.25, 0.3) is 0 Å². The van der Waals surface area contributed by atoms with E-state index in [0.29, 0.717) is 11.5 Å². The summed E-state index contributed by atoms with van der Waals surface area (Å²) >= 11 is 3.43. The highest BCUT2D eigenvalue weighted by atomic mass is 79.9. The maximum atomic E-state index is 10.8. The number of quaternary nitrogens is 1. The summed E-state index contributed by atoms with van der Waals surface area (Å²) in [6, 6.07) is 7.61. The number of hydrogen-bond acceptors (Lipinski definition) is 4. The number of rotatable bonds is 8. The van der Waals surface area contributed by atoms with Gasteiger partial charge in [-0.15, -0.1) is 0 Å². The Morgan fingerprint density at radius 1 is 1.41 bits per heavy atom. The number of ether oxygens (including phenoxy) is 2. The third kappa shape index (κ3) is 4.51. The fourth-order valence-corrected chi connectivity index (χ4v) is 2.59. The number of primary amides is 1. The first-order valence-electron chi connectivity index (χ1n) is 6.71. The molecule has 22 heavy (non-hydrogen) atoms. The van der Waals surface area contributed by atoms with E-state index in [1.54, 1.807) is 13.4 Å². The Labute approximate surface area is 136 Å². The van der Waals surface area contributed by atoms with Crippen LogP contribution >= 0.6 is 15.9 Å². The van der Waals surface area contributed by atoms with Gasteiger partial charge in [-0.2, -0.15) is 0 Å². The third-order valence-electron chi connectivity index (χ3n) is 2.95. The number of hydrogen-bond donors (Lipinski definition) is 2. The Hall–Kier alpha value is -1.99. The van der Waals surface area contributed by atoms with E-state index in [-0.39, 0.29) is 6.61 Å². The minimum absolute atomic E-state index is 0.196. The monoisotopic (exact) mass is 369 g/mol. The molecule has 0 saturated carbocycles. The van der Waals surface area contributed by atoms with E-state index in [2.05, 4.69) is 21.2 Å². The largest absolute Gasteiger partial charge is 0.493 e. The maximum absolute atomic E-state index is 10.8. The molecule has 1 aromatic heterocycles. The number of furan rings is 1. The lowest BCUT2D eigenvalue weighted by Crippen LogP contribution is -2.80. The van der Waals surface area contributed by atoms with E-state index in [1.165, 1.54) is 0 Å². The van der Waals surface area contributed by atoms with Gasteiger partial charge in [0.1, 0.15) is 13.1 Å². The van der Waals surface area contributed by atoms with Gasteiger partial charge in [-0.05, 0) is 40.2 Å². The topological polar surface area (TPSA) is 91.3 Å². The summed E-state index contributed by atoms with van der Waals surface area (Å²) in [6.07, 6.45) is 1.66. The smallest absolute Gasteiger partial charge is 0.255 e. The maximum Gasteiger partial charge on any atom is 0.255 e. The molecule has 0 aliphatic rings. The summed E-state index contributed by atoms with van der Waals surface area (Å²) in [5, 5.41) is 2.12. The average Bonchev–Trinajstić information content (AvgIpc) is 2.98. The van der Waals surface area contributed by atoms with Gasteiger partial charge in [-0.1, -0.05) is 0 Å². The second-order valence-corrected chi connectivity index (χ2v) is 5.49. The van der Waals surface area contributed by atoms with Crippen molar-refractivity contribution < 1.29 is 24.0 Å². The molecule has 1 amide bonds. The number of methoxy groups -OCH3 is 1. The molecule has 0 spiro atoms. The van der Waals surface area contributed by atoms with Crippen LogP contribution in [0, 0.1) is 0 Å². The van der Waals surface area contributed by atoms with Gasteiger partial charge in [-0.3, -0.25) is 4.79 Å². The molecule has 0 fully saturated rings. The molecular weight excluding hydrogens is 352 g/mol. The summed E-state index contributed by atoms with van der Waals surface area (Å²) in [7, 11) is 1.55. The van der Waals surface area contributed by atoms with Crippen molar-refractivity contribution in [2.75, 3.05) is 13.7 Å². The highest BCUT2D eigenvalue weighted by molar-refractivity contribution is 9.10. The number of carbonyl (C=O) groups excluding carboxylic acids is 1. The van der Waals surface area contributed by atoms with Gasteiger partial charge in [0.25, 0.3) is 5.91 Å². The van der Waals surface area contributed by atoms with Crippen LogP contribution in [0.15, 0.2) is 39.4 Å². The molecule has 0 saturated heterocycles. The molecule has 118 valence electrons. The van der Waals surface area contributed by atoms with Crippen molar-refractivity contribution in [3.63, 3.8) is 0 Å². The Morgan fingerprint density at radius 2 is 2.23 bits per heavy atom. The van der Waals surface area contributed by atoms with Gasteiger partial charge in [0.2, 0.25) is 0 Å². The van der Waals surface area contributed by atoms with Crippen LogP contribution < -0.4 is 20.5 Å². The number of nitrogens with two attached hydrogens (primary N) is 2. The molecule has 0 bridgehead atoms. The van der Waals surface area contributed by atoms with Crippen LogP contribution in [0.5, 0.6) is 11.5 Å². The minimum atomic E-state index is -0.537. The number of benzene rings is 1. The quantitative estimate of drug-likeness (QED) is 0.730. The second kappa shape index (κ2) is 7.86.